The fourth-order valence-electron chi connectivity index (χ4n) is 3.77. The zero-order valence-electron chi connectivity index (χ0n) is 17.9. The van der Waals surface area contributed by atoms with E-state index in [1.54, 1.807) is 22.6 Å². The van der Waals surface area contributed by atoms with Crippen molar-refractivity contribution in [3.05, 3.63) is 112 Å². The van der Waals surface area contributed by atoms with Gasteiger partial charge < -0.3 is 4.90 Å². The standard InChI is InChI=1S/C26H25N3O2/c1-18-13-15-21(16-14-18)25(30)29(17-20-9-5-4-6-10-20)19(2)24-27-23-12-8-7-11-22(23)26(31)28(24)3/h4-16,19H,17H2,1-3H3. The van der Waals surface area contributed by atoms with Crippen LogP contribution in [0.25, 0.3) is 10.9 Å². The fourth-order valence-corrected chi connectivity index (χ4v) is 3.77. The Labute approximate surface area is 181 Å². The van der Waals surface area contributed by atoms with Gasteiger partial charge in [0.2, 0.25) is 0 Å². The summed E-state index contributed by atoms with van der Waals surface area (Å²) in [5, 5.41) is 0.570. The van der Waals surface area contributed by atoms with Gasteiger partial charge in [-0.3, -0.25) is 14.2 Å². The molecule has 0 aliphatic heterocycles. The Balaban J connectivity index is 1.80. The quantitative estimate of drug-likeness (QED) is 0.481. The van der Waals surface area contributed by atoms with E-state index in [4.69, 9.17) is 4.98 Å². The lowest BCUT2D eigenvalue weighted by Crippen LogP contribution is -2.36. The van der Waals surface area contributed by atoms with E-state index in [1.165, 1.54) is 0 Å². The van der Waals surface area contributed by atoms with Crippen LogP contribution in [0.15, 0.2) is 83.7 Å². The molecule has 1 amide bonds. The predicted molar refractivity (Wildman–Crippen MR) is 123 cm³/mol. The molecule has 5 nitrogen and oxygen atoms in total. The molecular formula is C26H25N3O2. The first-order valence-electron chi connectivity index (χ1n) is 10.3. The highest BCUT2D eigenvalue weighted by Crippen LogP contribution is 2.24. The lowest BCUT2D eigenvalue weighted by atomic mass is 10.1. The number of hydrogen-bond acceptors (Lipinski definition) is 3. The minimum atomic E-state index is -0.406. The summed E-state index contributed by atoms with van der Waals surface area (Å²) in [6.07, 6.45) is 0. The molecule has 1 unspecified atom stereocenters. The van der Waals surface area contributed by atoms with Crippen LogP contribution >= 0.6 is 0 Å². The van der Waals surface area contributed by atoms with Gasteiger partial charge in [-0.1, -0.05) is 60.2 Å². The maximum atomic E-state index is 13.5. The Morgan fingerprint density at radius 3 is 2.32 bits per heavy atom. The zero-order valence-corrected chi connectivity index (χ0v) is 17.9. The second kappa shape index (κ2) is 8.56. The number of aromatic nitrogens is 2. The van der Waals surface area contributed by atoms with E-state index in [9.17, 15) is 9.59 Å². The topological polar surface area (TPSA) is 55.2 Å². The Kier molecular flexibility index (Phi) is 5.67. The second-order valence-corrected chi connectivity index (χ2v) is 7.81. The SMILES string of the molecule is Cc1ccc(C(=O)N(Cc2ccccc2)C(C)c2nc3ccccc3c(=O)n2C)cc1. The molecule has 0 radical (unpaired) electrons. The summed E-state index contributed by atoms with van der Waals surface area (Å²) in [7, 11) is 1.71. The Morgan fingerprint density at radius 1 is 0.968 bits per heavy atom. The summed E-state index contributed by atoms with van der Waals surface area (Å²) in [4.78, 5) is 33.0. The maximum absolute atomic E-state index is 13.5. The highest BCUT2D eigenvalue weighted by Gasteiger charge is 2.26. The van der Waals surface area contributed by atoms with Crippen molar-refractivity contribution in [1.82, 2.24) is 14.5 Å². The molecule has 5 heteroatoms. The van der Waals surface area contributed by atoms with Gasteiger partial charge >= 0.3 is 0 Å². The average Bonchev–Trinajstić information content (AvgIpc) is 2.80. The number of benzene rings is 3. The summed E-state index contributed by atoms with van der Waals surface area (Å²) in [5.41, 5.74) is 3.24. The van der Waals surface area contributed by atoms with E-state index in [-0.39, 0.29) is 11.5 Å². The molecule has 0 aliphatic rings. The third-order valence-corrected chi connectivity index (χ3v) is 5.61. The Morgan fingerprint density at radius 2 is 1.61 bits per heavy atom. The summed E-state index contributed by atoms with van der Waals surface area (Å²) < 4.78 is 1.55. The number of nitrogens with zero attached hydrogens (tertiary/aromatic N) is 3. The molecule has 0 saturated heterocycles. The minimum Gasteiger partial charge on any atom is -0.324 e. The smallest absolute Gasteiger partial charge is 0.261 e. The first-order chi connectivity index (χ1) is 15.0. The van der Waals surface area contributed by atoms with Gasteiger partial charge in [0.25, 0.3) is 11.5 Å². The van der Waals surface area contributed by atoms with Crippen molar-refractivity contribution in [1.29, 1.82) is 0 Å². The van der Waals surface area contributed by atoms with E-state index < -0.39 is 6.04 Å². The number of amides is 1. The molecule has 3 aromatic carbocycles. The maximum Gasteiger partial charge on any atom is 0.261 e. The van der Waals surface area contributed by atoms with Crippen LogP contribution in [0.2, 0.25) is 0 Å². The van der Waals surface area contributed by atoms with Crippen molar-refractivity contribution in [3.63, 3.8) is 0 Å². The minimum absolute atomic E-state index is 0.0984. The second-order valence-electron chi connectivity index (χ2n) is 7.81. The molecule has 156 valence electrons. The molecule has 0 fully saturated rings. The summed E-state index contributed by atoms with van der Waals surface area (Å²) in [5.74, 6) is 0.457. The van der Waals surface area contributed by atoms with E-state index >= 15 is 0 Å². The summed E-state index contributed by atoms with van der Waals surface area (Å²) >= 11 is 0. The molecule has 1 atom stereocenters. The average molecular weight is 412 g/mol. The third-order valence-electron chi connectivity index (χ3n) is 5.61. The lowest BCUT2D eigenvalue weighted by Gasteiger charge is -2.30. The highest BCUT2D eigenvalue weighted by atomic mass is 16.2. The first-order valence-corrected chi connectivity index (χ1v) is 10.3. The normalized spacial score (nSPS) is 12.0. The zero-order chi connectivity index (χ0) is 22.0. The molecule has 1 heterocycles. The van der Waals surface area contributed by atoms with Crippen molar-refractivity contribution >= 4 is 16.8 Å². The van der Waals surface area contributed by atoms with Crippen LogP contribution in [0.1, 0.15) is 40.3 Å². The fraction of sp³-hybridized carbons (Fsp3) is 0.192. The Hall–Kier alpha value is -3.73. The lowest BCUT2D eigenvalue weighted by molar-refractivity contribution is 0.0663. The number of rotatable bonds is 5. The van der Waals surface area contributed by atoms with Crippen LogP contribution in [-0.2, 0) is 13.6 Å². The largest absolute Gasteiger partial charge is 0.324 e. The van der Waals surface area contributed by atoms with Gasteiger partial charge in [-0.05, 0) is 43.7 Å². The summed E-state index contributed by atoms with van der Waals surface area (Å²) in [6, 6.07) is 24.3. The summed E-state index contributed by atoms with van der Waals surface area (Å²) in [6.45, 7) is 4.33. The van der Waals surface area contributed by atoms with Crippen molar-refractivity contribution in [2.24, 2.45) is 7.05 Å². The molecular weight excluding hydrogens is 386 g/mol. The molecule has 0 bridgehead atoms. The van der Waals surface area contributed by atoms with Crippen LogP contribution in [0.4, 0.5) is 0 Å². The number of fused-ring (bicyclic) bond motifs is 1. The molecule has 31 heavy (non-hydrogen) atoms. The number of aryl methyl sites for hydroxylation is 1. The van der Waals surface area contributed by atoms with Crippen molar-refractivity contribution < 1.29 is 4.79 Å². The van der Waals surface area contributed by atoms with Gasteiger partial charge in [0.15, 0.2) is 0 Å². The number of carbonyl (C=O) groups excluding carboxylic acids is 1. The van der Waals surface area contributed by atoms with E-state index in [1.807, 2.05) is 86.6 Å². The monoisotopic (exact) mass is 411 g/mol. The first kappa shape index (κ1) is 20.5. The van der Waals surface area contributed by atoms with E-state index in [0.717, 1.165) is 11.1 Å². The van der Waals surface area contributed by atoms with Crippen LogP contribution in [0, 0.1) is 6.92 Å². The van der Waals surface area contributed by atoms with Gasteiger partial charge in [-0.25, -0.2) is 4.98 Å². The van der Waals surface area contributed by atoms with Crippen LogP contribution in [-0.4, -0.2) is 20.4 Å². The number of carbonyl (C=O) groups is 1. The van der Waals surface area contributed by atoms with Crippen LogP contribution in [0.5, 0.6) is 0 Å². The van der Waals surface area contributed by atoms with Gasteiger partial charge in [0.05, 0.1) is 16.9 Å². The van der Waals surface area contributed by atoms with Crippen LogP contribution < -0.4 is 5.56 Å². The van der Waals surface area contributed by atoms with Crippen molar-refractivity contribution in [2.75, 3.05) is 0 Å². The highest BCUT2D eigenvalue weighted by molar-refractivity contribution is 5.94. The van der Waals surface area contributed by atoms with Crippen LogP contribution in [0.3, 0.4) is 0 Å². The molecule has 0 spiro atoms. The van der Waals surface area contributed by atoms with Gasteiger partial charge in [0.1, 0.15) is 5.82 Å². The Bertz CT molecular complexity index is 1280. The number of para-hydroxylation sites is 1. The van der Waals surface area contributed by atoms with Gasteiger partial charge in [-0.2, -0.15) is 0 Å². The molecule has 0 aliphatic carbocycles. The molecule has 0 saturated carbocycles. The number of hydrogen-bond donors (Lipinski definition) is 0. The van der Waals surface area contributed by atoms with E-state index in [2.05, 4.69) is 0 Å². The molecule has 4 aromatic rings. The van der Waals surface area contributed by atoms with Gasteiger partial charge in [0, 0.05) is 19.2 Å². The molecule has 0 N–H and O–H groups in total. The van der Waals surface area contributed by atoms with Crippen molar-refractivity contribution in [3.8, 4) is 0 Å². The third kappa shape index (κ3) is 4.12. The van der Waals surface area contributed by atoms with Crippen molar-refractivity contribution in [2.45, 2.75) is 26.4 Å². The predicted octanol–water partition coefficient (Wildman–Crippen LogP) is 4.65. The van der Waals surface area contributed by atoms with Gasteiger partial charge in [-0.15, -0.1) is 0 Å². The molecule has 1 aromatic heterocycles. The molecule has 4 rings (SSSR count). The van der Waals surface area contributed by atoms with E-state index in [0.29, 0.717) is 28.8 Å².